The third-order valence-electron chi connectivity index (χ3n) is 4.87. The molecule has 0 spiro atoms. The van der Waals surface area contributed by atoms with Gasteiger partial charge in [-0.25, -0.2) is 8.42 Å². The van der Waals surface area contributed by atoms with Crippen molar-refractivity contribution in [2.45, 2.75) is 18.4 Å². The van der Waals surface area contributed by atoms with Crippen LogP contribution in [0.2, 0.25) is 0 Å². The number of piperazine rings is 1. The van der Waals surface area contributed by atoms with Crippen LogP contribution in [0, 0.1) is 6.92 Å². The Morgan fingerprint density at radius 3 is 2.70 bits per heavy atom. The molecule has 0 atom stereocenters. The molecule has 0 amide bonds. The number of nitrogens with zero attached hydrogens (tertiary/aromatic N) is 1. The number of sulfonamides is 1. The lowest BCUT2D eigenvalue weighted by molar-refractivity contribution is 0.233. The van der Waals surface area contributed by atoms with Gasteiger partial charge in [0.1, 0.15) is 5.58 Å². The van der Waals surface area contributed by atoms with Gasteiger partial charge in [0.15, 0.2) is 0 Å². The molecule has 1 fully saturated rings. The van der Waals surface area contributed by atoms with E-state index in [4.69, 9.17) is 4.42 Å². The second-order valence-corrected chi connectivity index (χ2v) is 8.52. The first-order valence-corrected chi connectivity index (χ1v) is 10.5. The maximum absolute atomic E-state index is 12.8. The van der Waals surface area contributed by atoms with Crippen LogP contribution in [0.5, 0.6) is 0 Å². The fourth-order valence-corrected chi connectivity index (χ4v) is 4.80. The predicted octanol–water partition coefficient (Wildman–Crippen LogP) is 2.95. The van der Waals surface area contributed by atoms with Crippen LogP contribution in [0.1, 0.15) is 11.1 Å². The molecule has 1 saturated heterocycles. The average Bonchev–Trinajstić information content (AvgIpc) is 3.11. The van der Waals surface area contributed by atoms with Crippen LogP contribution in [0.25, 0.3) is 11.0 Å². The van der Waals surface area contributed by atoms with Crippen LogP contribution in [0.4, 0.5) is 5.69 Å². The van der Waals surface area contributed by atoms with E-state index in [1.807, 2.05) is 24.3 Å². The minimum absolute atomic E-state index is 0.293. The Bertz CT molecular complexity index is 1050. The Morgan fingerprint density at radius 2 is 1.93 bits per heavy atom. The quantitative estimate of drug-likeness (QED) is 0.706. The largest absolute Gasteiger partial charge is 0.464 e. The van der Waals surface area contributed by atoms with Crippen molar-refractivity contribution in [2.75, 3.05) is 30.9 Å². The number of hydrogen-bond donors (Lipinski definition) is 2. The number of benzene rings is 2. The molecule has 4 rings (SSSR count). The maximum atomic E-state index is 12.8. The van der Waals surface area contributed by atoms with E-state index < -0.39 is 10.0 Å². The van der Waals surface area contributed by atoms with Crippen LogP contribution in [-0.2, 0) is 16.6 Å². The molecule has 1 aliphatic heterocycles. The second-order valence-electron chi connectivity index (χ2n) is 6.87. The van der Waals surface area contributed by atoms with Gasteiger partial charge in [-0.2, -0.15) is 0 Å². The molecule has 2 N–H and O–H groups in total. The van der Waals surface area contributed by atoms with Crippen molar-refractivity contribution in [1.29, 1.82) is 0 Å². The fourth-order valence-electron chi connectivity index (χ4n) is 3.51. The molecule has 142 valence electrons. The van der Waals surface area contributed by atoms with Gasteiger partial charge in [-0.1, -0.05) is 18.2 Å². The zero-order chi connectivity index (χ0) is 18.9. The van der Waals surface area contributed by atoms with E-state index in [-0.39, 0.29) is 0 Å². The summed E-state index contributed by atoms with van der Waals surface area (Å²) in [5, 5.41) is 4.24. The van der Waals surface area contributed by atoms with E-state index in [2.05, 4.69) is 14.9 Å². The highest BCUT2D eigenvalue weighted by Crippen LogP contribution is 2.28. The summed E-state index contributed by atoms with van der Waals surface area (Å²) in [5.74, 6) is 0. The van der Waals surface area contributed by atoms with Crippen LogP contribution in [0.3, 0.4) is 0 Å². The summed E-state index contributed by atoms with van der Waals surface area (Å²) in [7, 11) is -3.65. The number of rotatable bonds is 5. The Kier molecular flexibility index (Phi) is 4.90. The molecular formula is C20H23N3O3S. The van der Waals surface area contributed by atoms with Gasteiger partial charge >= 0.3 is 0 Å². The van der Waals surface area contributed by atoms with E-state index in [0.29, 0.717) is 10.6 Å². The summed E-state index contributed by atoms with van der Waals surface area (Å²) in [6.45, 7) is 6.36. The summed E-state index contributed by atoms with van der Waals surface area (Å²) >= 11 is 0. The van der Waals surface area contributed by atoms with E-state index in [9.17, 15) is 8.42 Å². The summed E-state index contributed by atoms with van der Waals surface area (Å²) < 4.78 is 34.1. The van der Waals surface area contributed by atoms with Crippen LogP contribution < -0.4 is 10.0 Å². The molecule has 27 heavy (non-hydrogen) atoms. The molecule has 0 radical (unpaired) electrons. The molecule has 7 heteroatoms. The highest BCUT2D eigenvalue weighted by atomic mass is 32.2. The van der Waals surface area contributed by atoms with E-state index in [1.54, 1.807) is 31.4 Å². The van der Waals surface area contributed by atoms with E-state index in [1.165, 1.54) is 0 Å². The first kappa shape index (κ1) is 18.0. The maximum Gasteiger partial charge on any atom is 0.262 e. The summed E-state index contributed by atoms with van der Waals surface area (Å²) in [6.07, 6.45) is 1.64. The predicted molar refractivity (Wildman–Crippen MR) is 106 cm³/mol. The SMILES string of the molecule is Cc1ccccc1S(=O)(=O)Nc1cc(CN2CCNCC2)c2occc2c1. The van der Waals surface area contributed by atoms with Gasteiger partial charge in [0.2, 0.25) is 0 Å². The Balaban J connectivity index is 1.67. The minimum atomic E-state index is -3.65. The van der Waals surface area contributed by atoms with Gasteiger partial charge in [-0.05, 0) is 36.8 Å². The average molecular weight is 385 g/mol. The fraction of sp³-hybridized carbons (Fsp3) is 0.300. The Hall–Kier alpha value is -2.35. The first-order chi connectivity index (χ1) is 13.0. The van der Waals surface area contributed by atoms with E-state index >= 15 is 0 Å². The summed E-state index contributed by atoms with van der Waals surface area (Å²) in [4.78, 5) is 2.63. The van der Waals surface area contributed by atoms with Crippen molar-refractivity contribution < 1.29 is 12.8 Å². The number of fused-ring (bicyclic) bond motifs is 1. The topological polar surface area (TPSA) is 74.6 Å². The van der Waals surface area contributed by atoms with Crippen molar-refractivity contribution in [2.24, 2.45) is 0 Å². The van der Waals surface area contributed by atoms with Gasteiger partial charge in [0.25, 0.3) is 10.0 Å². The van der Waals surface area contributed by atoms with Crippen molar-refractivity contribution in [3.05, 3.63) is 59.9 Å². The Morgan fingerprint density at radius 1 is 1.15 bits per heavy atom. The lowest BCUT2D eigenvalue weighted by atomic mass is 10.1. The third-order valence-corrected chi connectivity index (χ3v) is 6.41. The molecule has 2 heterocycles. The molecule has 0 aliphatic carbocycles. The second kappa shape index (κ2) is 7.34. The lowest BCUT2D eigenvalue weighted by Crippen LogP contribution is -2.42. The molecule has 0 bridgehead atoms. The van der Waals surface area contributed by atoms with Crippen molar-refractivity contribution in [1.82, 2.24) is 10.2 Å². The van der Waals surface area contributed by atoms with Gasteiger partial charge < -0.3 is 9.73 Å². The molecule has 2 aromatic carbocycles. The molecular weight excluding hydrogens is 362 g/mol. The third kappa shape index (κ3) is 3.85. The summed E-state index contributed by atoms with van der Waals surface area (Å²) in [5.41, 5.74) is 3.07. The number of nitrogens with one attached hydrogen (secondary N) is 2. The van der Waals surface area contributed by atoms with Crippen LogP contribution in [-0.4, -0.2) is 39.5 Å². The monoisotopic (exact) mass is 385 g/mol. The molecule has 0 saturated carbocycles. The number of anilines is 1. The van der Waals surface area contributed by atoms with Gasteiger partial charge in [-0.3, -0.25) is 9.62 Å². The van der Waals surface area contributed by atoms with Crippen molar-refractivity contribution in [3.8, 4) is 0 Å². The van der Waals surface area contributed by atoms with E-state index in [0.717, 1.165) is 54.8 Å². The normalized spacial score (nSPS) is 15.9. The molecule has 6 nitrogen and oxygen atoms in total. The Labute approximate surface area is 159 Å². The van der Waals surface area contributed by atoms with Gasteiger partial charge in [0.05, 0.1) is 16.8 Å². The molecule has 1 aliphatic rings. The van der Waals surface area contributed by atoms with Gasteiger partial charge in [0, 0.05) is 43.7 Å². The van der Waals surface area contributed by atoms with Crippen LogP contribution in [0.15, 0.2) is 58.0 Å². The molecule has 1 aromatic heterocycles. The number of furan rings is 1. The molecule has 3 aromatic rings. The molecule has 0 unspecified atom stereocenters. The smallest absolute Gasteiger partial charge is 0.262 e. The van der Waals surface area contributed by atoms with Crippen LogP contribution >= 0.6 is 0 Å². The standard InChI is InChI=1S/C20H23N3O3S/c1-15-4-2-3-5-19(15)27(24,25)22-18-12-16-6-11-26-20(16)17(13-18)14-23-9-7-21-8-10-23/h2-6,11-13,21-22H,7-10,14H2,1H3. The van der Waals surface area contributed by atoms with Crippen molar-refractivity contribution in [3.63, 3.8) is 0 Å². The zero-order valence-electron chi connectivity index (χ0n) is 15.2. The minimum Gasteiger partial charge on any atom is -0.464 e. The lowest BCUT2D eigenvalue weighted by Gasteiger charge is -2.27. The summed E-state index contributed by atoms with van der Waals surface area (Å²) in [6, 6.07) is 12.5. The van der Waals surface area contributed by atoms with Crippen molar-refractivity contribution >= 4 is 26.7 Å². The highest BCUT2D eigenvalue weighted by molar-refractivity contribution is 7.92. The number of aryl methyl sites for hydroxylation is 1. The highest BCUT2D eigenvalue weighted by Gasteiger charge is 2.19. The zero-order valence-corrected chi connectivity index (χ0v) is 16.1. The van der Waals surface area contributed by atoms with Gasteiger partial charge in [-0.15, -0.1) is 0 Å². The number of hydrogen-bond acceptors (Lipinski definition) is 5. The first-order valence-electron chi connectivity index (χ1n) is 9.04.